The molecule has 2 aliphatic heterocycles. The van der Waals surface area contributed by atoms with Gasteiger partial charge in [-0.25, -0.2) is 0 Å². The van der Waals surface area contributed by atoms with E-state index in [1.54, 1.807) is 11.8 Å². The Morgan fingerprint density at radius 2 is 2.21 bits per heavy atom. The average molecular weight is 218 g/mol. The van der Waals surface area contributed by atoms with Crippen molar-refractivity contribution in [1.29, 1.82) is 0 Å². The molecule has 2 rings (SSSR count). The second kappa shape index (κ2) is 3.40. The number of carbonyl (C=O) groups excluding carboxylic acids is 1. The van der Waals surface area contributed by atoms with Crippen molar-refractivity contribution in [2.75, 3.05) is 5.75 Å². The lowest BCUT2D eigenvalue weighted by atomic mass is 10.2. The van der Waals surface area contributed by atoms with Crippen LogP contribution in [0, 0.1) is 0 Å². The molecule has 5 heteroatoms. The number of carbonyl (C=O) groups is 1. The third-order valence-electron chi connectivity index (χ3n) is 2.20. The molecule has 2 fully saturated rings. The number of hydrogen-bond acceptors (Lipinski definition) is 5. The SMILES string of the molecule is CC(=O)OC1SCC2OC(C)(C)OC21. The van der Waals surface area contributed by atoms with Crippen LogP contribution in [0.1, 0.15) is 20.8 Å². The fourth-order valence-electron chi connectivity index (χ4n) is 1.77. The van der Waals surface area contributed by atoms with Gasteiger partial charge in [-0.1, -0.05) is 0 Å². The first-order valence-electron chi connectivity index (χ1n) is 4.62. The largest absolute Gasteiger partial charge is 0.449 e. The number of rotatable bonds is 1. The van der Waals surface area contributed by atoms with E-state index in [9.17, 15) is 4.79 Å². The summed E-state index contributed by atoms with van der Waals surface area (Å²) in [6.45, 7) is 5.16. The second-order valence-corrected chi connectivity index (χ2v) is 5.08. The summed E-state index contributed by atoms with van der Waals surface area (Å²) in [4.78, 5) is 10.8. The minimum absolute atomic E-state index is 0.0550. The van der Waals surface area contributed by atoms with Crippen molar-refractivity contribution in [2.45, 2.75) is 44.2 Å². The van der Waals surface area contributed by atoms with E-state index in [1.165, 1.54) is 6.92 Å². The molecule has 0 aromatic carbocycles. The van der Waals surface area contributed by atoms with Crippen molar-refractivity contribution < 1.29 is 19.0 Å². The molecule has 0 bridgehead atoms. The van der Waals surface area contributed by atoms with Crippen LogP contribution in [-0.2, 0) is 19.0 Å². The van der Waals surface area contributed by atoms with E-state index < -0.39 is 5.79 Å². The lowest BCUT2D eigenvalue weighted by Crippen LogP contribution is -2.30. The van der Waals surface area contributed by atoms with E-state index in [2.05, 4.69) is 0 Å². The quantitative estimate of drug-likeness (QED) is 0.618. The van der Waals surface area contributed by atoms with Gasteiger partial charge >= 0.3 is 5.97 Å². The average Bonchev–Trinajstić information content (AvgIpc) is 2.47. The van der Waals surface area contributed by atoms with Gasteiger partial charge in [0.15, 0.2) is 11.2 Å². The molecule has 3 atom stereocenters. The molecule has 0 aromatic heterocycles. The summed E-state index contributed by atoms with van der Waals surface area (Å²) in [5.74, 6) is 0.0114. The van der Waals surface area contributed by atoms with Gasteiger partial charge in [0.2, 0.25) is 0 Å². The van der Waals surface area contributed by atoms with Gasteiger partial charge in [0.1, 0.15) is 12.2 Å². The predicted octanol–water partition coefficient (Wildman–Crippen LogP) is 1.14. The van der Waals surface area contributed by atoms with Gasteiger partial charge in [-0.05, 0) is 13.8 Å². The molecule has 80 valence electrons. The number of thioether (sulfide) groups is 1. The number of esters is 1. The van der Waals surface area contributed by atoms with E-state index in [0.29, 0.717) is 0 Å². The summed E-state index contributed by atoms with van der Waals surface area (Å²) in [7, 11) is 0. The first kappa shape index (κ1) is 10.3. The van der Waals surface area contributed by atoms with Crippen molar-refractivity contribution in [3.8, 4) is 0 Å². The van der Waals surface area contributed by atoms with Crippen molar-refractivity contribution in [3.05, 3.63) is 0 Å². The fraction of sp³-hybridized carbons (Fsp3) is 0.889. The Morgan fingerprint density at radius 3 is 2.86 bits per heavy atom. The summed E-state index contributed by atoms with van der Waals surface area (Å²) in [5.41, 5.74) is -0.209. The first-order valence-corrected chi connectivity index (χ1v) is 5.67. The van der Waals surface area contributed by atoms with Crippen LogP contribution in [0.2, 0.25) is 0 Å². The lowest BCUT2D eigenvalue weighted by molar-refractivity contribution is -0.162. The molecule has 3 unspecified atom stereocenters. The fourth-order valence-corrected chi connectivity index (χ4v) is 3.03. The number of hydrogen-bond donors (Lipinski definition) is 0. The number of fused-ring (bicyclic) bond motifs is 1. The molecule has 14 heavy (non-hydrogen) atoms. The first-order chi connectivity index (χ1) is 6.48. The Kier molecular flexibility index (Phi) is 2.49. The smallest absolute Gasteiger partial charge is 0.303 e. The van der Waals surface area contributed by atoms with Crippen LogP contribution in [-0.4, -0.2) is 35.2 Å². The van der Waals surface area contributed by atoms with Crippen molar-refractivity contribution in [1.82, 2.24) is 0 Å². The van der Waals surface area contributed by atoms with Gasteiger partial charge in [0.25, 0.3) is 0 Å². The zero-order chi connectivity index (χ0) is 10.3. The zero-order valence-electron chi connectivity index (χ0n) is 8.48. The van der Waals surface area contributed by atoms with Gasteiger partial charge in [0.05, 0.1) is 0 Å². The predicted molar refractivity (Wildman–Crippen MR) is 51.8 cm³/mol. The van der Waals surface area contributed by atoms with Gasteiger partial charge in [0, 0.05) is 12.7 Å². The van der Waals surface area contributed by atoms with Crippen LogP contribution in [0.3, 0.4) is 0 Å². The summed E-state index contributed by atoms with van der Waals surface area (Å²) in [5, 5.41) is 0. The molecule has 2 saturated heterocycles. The van der Waals surface area contributed by atoms with Crippen LogP contribution >= 0.6 is 11.8 Å². The molecule has 0 saturated carbocycles. The number of ether oxygens (including phenoxy) is 3. The highest BCUT2D eigenvalue weighted by Crippen LogP contribution is 2.41. The highest BCUT2D eigenvalue weighted by molar-refractivity contribution is 8.00. The molecular formula is C9H14O4S. The maximum absolute atomic E-state index is 10.8. The molecule has 0 aliphatic carbocycles. The van der Waals surface area contributed by atoms with Gasteiger partial charge < -0.3 is 14.2 Å². The Hall–Kier alpha value is -0.260. The lowest BCUT2D eigenvalue weighted by Gasteiger charge is -2.20. The van der Waals surface area contributed by atoms with E-state index in [-0.39, 0.29) is 23.6 Å². The van der Waals surface area contributed by atoms with Crippen LogP contribution in [0.5, 0.6) is 0 Å². The van der Waals surface area contributed by atoms with Gasteiger partial charge in [-0.2, -0.15) is 0 Å². The second-order valence-electron chi connectivity index (χ2n) is 3.95. The van der Waals surface area contributed by atoms with Gasteiger partial charge in [-0.3, -0.25) is 4.79 Å². The van der Waals surface area contributed by atoms with Crippen molar-refractivity contribution in [3.63, 3.8) is 0 Å². The highest BCUT2D eigenvalue weighted by Gasteiger charge is 2.51. The van der Waals surface area contributed by atoms with E-state index in [4.69, 9.17) is 14.2 Å². The zero-order valence-corrected chi connectivity index (χ0v) is 9.30. The normalized spacial score (nSPS) is 39.5. The standard InChI is InChI=1S/C9H14O4S/c1-5(10)11-8-7-6(4-14-8)12-9(2,3)13-7/h6-8H,4H2,1-3H3. The molecule has 0 radical (unpaired) electrons. The molecule has 0 spiro atoms. The monoisotopic (exact) mass is 218 g/mol. The Labute approximate surface area is 87.3 Å². The third kappa shape index (κ3) is 1.89. The summed E-state index contributed by atoms with van der Waals surface area (Å²) in [6, 6.07) is 0. The molecular weight excluding hydrogens is 204 g/mol. The minimum atomic E-state index is -0.547. The third-order valence-corrected chi connectivity index (χ3v) is 3.41. The van der Waals surface area contributed by atoms with Crippen LogP contribution < -0.4 is 0 Å². The van der Waals surface area contributed by atoms with Crippen molar-refractivity contribution >= 4 is 17.7 Å². The molecule has 0 aromatic rings. The Bertz CT molecular complexity index is 253. The van der Waals surface area contributed by atoms with E-state index >= 15 is 0 Å². The summed E-state index contributed by atoms with van der Waals surface area (Å²) >= 11 is 1.57. The Balaban J connectivity index is 2.01. The molecule has 0 N–H and O–H groups in total. The highest BCUT2D eigenvalue weighted by atomic mass is 32.2. The maximum atomic E-state index is 10.8. The molecule has 2 aliphatic rings. The molecule has 2 heterocycles. The van der Waals surface area contributed by atoms with Crippen LogP contribution in [0.15, 0.2) is 0 Å². The van der Waals surface area contributed by atoms with E-state index in [0.717, 1.165) is 5.75 Å². The Morgan fingerprint density at radius 1 is 1.50 bits per heavy atom. The molecule has 4 nitrogen and oxygen atoms in total. The summed E-state index contributed by atoms with van der Waals surface area (Å²) < 4.78 is 16.5. The minimum Gasteiger partial charge on any atom is -0.449 e. The van der Waals surface area contributed by atoms with Crippen LogP contribution in [0.25, 0.3) is 0 Å². The van der Waals surface area contributed by atoms with Crippen molar-refractivity contribution in [2.24, 2.45) is 0 Å². The van der Waals surface area contributed by atoms with E-state index in [1.807, 2.05) is 13.8 Å². The van der Waals surface area contributed by atoms with Gasteiger partial charge in [-0.15, -0.1) is 11.8 Å². The molecule has 0 amide bonds. The topological polar surface area (TPSA) is 44.8 Å². The maximum Gasteiger partial charge on any atom is 0.303 e. The summed E-state index contributed by atoms with van der Waals surface area (Å²) in [6.07, 6.45) is -0.0572. The van der Waals surface area contributed by atoms with Crippen LogP contribution in [0.4, 0.5) is 0 Å².